The summed E-state index contributed by atoms with van der Waals surface area (Å²) in [4.78, 5) is 0. The molecule has 0 fully saturated rings. The monoisotopic (exact) mass is 316 g/mol. The highest BCUT2D eigenvalue weighted by atomic mass is 35.5. The lowest BCUT2D eigenvalue weighted by molar-refractivity contribution is 0.373. The minimum atomic E-state index is -3.03. The first-order valence-electron chi connectivity index (χ1n) is 7.05. The van der Waals surface area contributed by atoms with Crippen LogP contribution in [0.4, 0.5) is 0 Å². The average Bonchev–Trinajstić information content (AvgIpc) is 2.26. The lowest BCUT2D eigenvalue weighted by Gasteiger charge is -2.18. The largest absolute Gasteiger partial charge is 0.229 e. The molecule has 0 radical (unpaired) electrons. The molecule has 1 atom stereocenters. The molecule has 0 unspecified atom stereocenters. The maximum atomic E-state index is 12.2. The van der Waals surface area contributed by atoms with E-state index in [2.05, 4.69) is 20.8 Å². The average molecular weight is 317 g/mol. The van der Waals surface area contributed by atoms with Gasteiger partial charge in [0.2, 0.25) is 0 Å². The Balaban J connectivity index is 2.60. The fourth-order valence-electron chi connectivity index (χ4n) is 2.25. The van der Waals surface area contributed by atoms with Crippen LogP contribution in [0.25, 0.3) is 0 Å². The van der Waals surface area contributed by atoms with Gasteiger partial charge in [0, 0.05) is 5.02 Å². The van der Waals surface area contributed by atoms with Gasteiger partial charge in [-0.1, -0.05) is 57.5 Å². The molecule has 1 aromatic rings. The van der Waals surface area contributed by atoms with E-state index in [1.165, 1.54) is 0 Å². The zero-order chi connectivity index (χ0) is 15.4. The predicted molar refractivity (Wildman–Crippen MR) is 87.2 cm³/mol. The van der Waals surface area contributed by atoms with Crippen LogP contribution in [0.1, 0.15) is 52.0 Å². The summed E-state index contributed by atoms with van der Waals surface area (Å²) >= 11 is 6.12. The van der Waals surface area contributed by atoms with Gasteiger partial charge < -0.3 is 0 Å². The molecule has 2 nitrogen and oxygen atoms in total. The van der Waals surface area contributed by atoms with E-state index in [1.807, 2.05) is 25.1 Å². The molecule has 1 aromatic carbocycles. The van der Waals surface area contributed by atoms with E-state index in [4.69, 9.17) is 11.6 Å². The Morgan fingerprint density at radius 2 is 1.80 bits per heavy atom. The summed E-state index contributed by atoms with van der Waals surface area (Å²) in [6.07, 6.45) is 1.65. The number of halogens is 1. The first-order valence-corrected chi connectivity index (χ1v) is 9.25. The fraction of sp³-hybridized carbons (Fsp3) is 0.625. The number of sulfone groups is 1. The van der Waals surface area contributed by atoms with E-state index >= 15 is 0 Å². The van der Waals surface area contributed by atoms with Gasteiger partial charge in [0.25, 0.3) is 0 Å². The lowest BCUT2D eigenvalue weighted by atomic mass is 9.91. The number of benzene rings is 1. The number of rotatable bonds is 6. The molecule has 0 aromatic heterocycles. The van der Waals surface area contributed by atoms with E-state index in [0.717, 1.165) is 18.4 Å². The van der Waals surface area contributed by atoms with E-state index in [-0.39, 0.29) is 22.8 Å². The van der Waals surface area contributed by atoms with Gasteiger partial charge >= 0.3 is 0 Å². The summed E-state index contributed by atoms with van der Waals surface area (Å²) in [7, 11) is -3.03. The van der Waals surface area contributed by atoms with E-state index in [1.54, 1.807) is 6.07 Å². The van der Waals surface area contributed by atoms with E-state index < -0.39 is 9.84 Å². The van der Waals surface area contributed by atoms with Crippen molar-refractivity contribution in [1.82, 2.24) is 0 Å². The second kappa shape index (κ2) is 6.95. The van der Waals surface area contributed by atoms with Crippen LogP contribution >= 0.6 is 11.6 Å². The molecule has 0 aliphatic heterocycles. The molecule has 0 N–H and O–H groups in total. The van der Waals surface area contributed by atoms with Gasteiger partial charge in [-0.05, 0) is 35.8 Å². The molecule has 1 rings (SSSR count). The molecule has 0 aliphatic carbocycles. The van der Waals surface area contributed by atoms with Crippen molar-refractivity contribution in [3.05, 3.63) is 34.9 Å². The zero-order valence-corrected chi connectivity index (χ0v) is 14.4. The van der Waals surface area contributed by atoms with Crippen molar-refractivity contribution in [2.45, 2.75) is 46.5 Å². The minimum Gasteiger partial charge on any atom is -0.229 e. The second-order valence-electron chi connectivity index (χ2n) is 6.70. The first kappa shape index (κ1) is 17.5. The van der Waals surface area contributed by atoms with Gasteiger partial charge in [0.15, 0.2) is 9.84 Å². The Morgan fingerprint density at radius 3 is 2.35 bits per heavy atom. The Labute approximate surface area is 128 Å². The maximum Gasteiger partial charge on any atom is 0.150 e. The highest BCUT2D eigenvalue weighted by molar-refractivity contribution is 7.91. The summed E-state index contributed by atoms with van der Waals surface area (Å²) in [5.74, 6) is 0.364. The summed E-state index contributed by atoms with van der Waals surface area (Å²) in [6, 6.07) is 7.46. The SMILES string of the molecule is C[C@@H](CS(=O)(=O)CCCC(C)(C)C)c1ccccc1Cl. The summed E-state index contributed by atoms with van der Waals surface area (Å²) in [6.45, 7) is 8.31. The third-order valence-corrected chi connectivity index (χ3v) is 5.58. The molecular weight excluding hydrogens is 292 g/mol. The minimum absolute atomic E-state index is 0.0664. The second-order valence-corrected chi connectivity index (χ2v) is 9.34. The smallest absolute Gasteiger partial charge is 0.150 e. The van der Waals surface area contributed by atoms with Gasteiger partial charge in [-0.2, -0.15) is 0 Å². The Kier molecular flexibility index (Phi) is 6.08. The van der Waals surface area contributed by atoms with Crippen LogP contribution in [0.15, 0.2) is 24.3 Å². The quantitative estimate of drug-likeness (QED) is 0.763. The molecule has 0 aliphatic rings. The normalized spacial score (nSPS) is 14.2. The van der Waals surface area contributed by atoms with Crippen molar-refractivity contribution in [1.29, 1.82) is 0 Å². The molecule has 0 amide bonds. The first-order chi connectivity index (χ1) is 9.11. The van der Waals surface area contributed by atoms with Crippen molar-refractivity contribution >= 4 is 21.4 Å². The lowest BCUT2D eigenvalue weighted by Crippen LogP contribution is -2.18. The molecule has 0 saturated carbocycles. The summed E-state index contributed by atoms with van der Waals surface area (Å²) in [5, 5.41) is 0.643. The highest BCUT2D eigenvalue weighted by Gasteiger charge is 2.20. The molecule has 0 saturated heterocycles. The van der Waals surface area contributed by atoms with Crippen molar-refractivity contribution in [2.24, 2.45) is 5.41 Å². The third-order valence-electron chi connectivity index (χ3n) is 3.32. The van der Waals surface area contributed by atoms with Gasteiger partial charge in [0.05, 0.1) is 11.5 Å². The topological polar surface area (TPSA) is 34.1 Å². The van der Waals surface area contributed by atoms with Gasteiger partial charge in [-0.3, -0.25) is 0 Å². The van der Waals surface area contributed by atoms with Crippen LogP contribution in [0.3, 0.4) is 0 Å². The fourth-order valence-corrected chi connectivity index (χ4v) is 4.27. The molecule has 0 bridgehead atoms. The standard InChI is InChI=1S/C16H25ClO2S/c1-13(14-8-5-6-9-15(14)17)12-20(18,19)11-7-10-16(2,3)4/h5-6,8-9,13H,7,10-12H2,1-4H3/t13-/m0/s1. The van der Waals surface area contributed by atoms with Gasteiger partial charge in [-0.25, -0.2) is 8.42 Å². The zero-order valence-electron chi connectivity index (χ0n) is 12.8. The molecule has 0 spiro atoms. The molecule has 0 heterocycles. The van der Waals surface area contributed by atoms with Crippen LogP contribution in [0, 0.1) is 5.41 Å². The van der Waals surface area contributed by atoms with Gasteiger partial charge in [-0.15, -0.1) is 0 Å². The Bertz CT molecular complexity index is 530. The Morgan fingerprint density at radius 1 is 1.20 bits per heavy atom. The summed E-state index contributed by atoms with van der Waals surface area (Å²) in [5.41, 5.74) is 1.10. The van der Waals surface area contributed by atoms with Crippen molar-refractivity contribution in [2.75, 3.05) is 11.5 Å². The number of hydrogen-bond donors (Lipinski definition) is 0. The number of hydrogen-bond acceptors (Lipinski definition) is 2. The van der Waals surface area contributed by atoms with E-state index in [9.17, 15) is 8.42 Å². The van der Waals surface area contributed by atoms with Crippen LogP contribution < -0.4 is 0 Å². The van der Waals surface area contributed by atoms with Crippen molar-refractivity contribution in [3.63, 3.8) is 0 Å². The van der Waals surface area contributed by atoms with Crippen molar-refractivity contribution < 1.29 is 8.42 Å². The molecule has 20 heavy (non-hydrogen) atoms. The van der Waals surface area contributed by atoms with Crippen LogP contribution in [0.2, 0.25) is 5.02 Å². The molecule has 4 heteroatoms. The highest BCUT2D eigenvalue weighted by Crippen LogP contribution is 2.26. The predicted octanol–water partition coefficient (Wildman–Crippen LogP) is 4.68. The van der Waals surface area contributed by atoms with Gasteiger partial charge in [0.1, 0.15) is 0 Å². The third kappa shape index (κ3) is 6.27. The van der Waals surface area contributed by atoms with E-state index in [0.29, 0.717) is 5.02 Å². The van der Waals surface area contributed by atoms with Crippen LogP contribution in [-0.4, -0.2) is 19.9 Å². The van der Waals surface area contributed by atoms with Crippen molar-refractivity contribution in [3.8, 4) is 0 Å². The van der Waals surface area contributed by atoms with Crippen LogP contribution in [-0.2, 0) is 9.84 Å². The Hall–Kier alpha value is -0.540. The molecular formula is C16H25ClO2S. The molecule has 114 valence electrons. The summed E-state index contributed by atoms with van der Waals surface area (Å²) < 4.78 is 24.3. The van der Waals surface area contributed by atoms with Crippen LogP contribution in [0.5, 0.6) is 0 Å². The maximum absolute atomic E-state index is 12.2.